The lowest BCUT2D eigenvalue weighted by Crippen LogP contribution is -2.53. The van der Waals surface area contributed by atoms with Crippen LogP contribution in [0.3, 0.4) is 0 Å². The lowest BCUT2D eigenvalue weighted by atomic mass is 10.2. The van der Waals surface area contributed by atoms with Gasteiger partial charge in [-0.1, -0.05) is 6.07 Å². The lowest BCUT2D eigenvalue weighted by molar-refractivity contribution is 0.0186. The molecule has 0 radical (unpaired) electrons. The minimum Gasteiger partial charge on any atom is -0.490 e. The number of aliphatic imine (C=N–C) groups is 1. The van der Waals surface area contributed by atoms with Crippen LogP contribution in [0.15, 0.2) is 23.2 Å². The molecule has 8 heteroatoms. The van der Waals surface area contributed by atoms with Gasteiger partial charge < -0.3 is 29.7 Å². The van der Waals surface area contributed by atoms with E-state index >= 15 is 0 Å². The number of ether oxygens (including phenoxy) is 3. The highest BCUT2D eigenvalue weighted by Gasteiger charge is 2.26. The van der Waals surface area contributed by atoms with Crippen LogP contribution >= 0.6 is 0 Å². The Labute approximate surface area is 166 Å². The van der Waals surface area contributed by atoms with Gasteiger partial charge in [0, 0.05) is 32.6 Å². The number of hydrogen-bond acceptors (Lipinski definition) is 5. The molecule has 1 saturated heterocycles. The van der Waals surface area contributed by atoms with Crippen LogP contribution in [0, 0.1) is 0 Å². The first-order chi connectivity index (χ1) is 13.3. The molecule has 0 aromatic heterocycles. The van der Waals surface area contributed by atoms with Crippen molar-refractivity contribution in [2.75, 3.05) is 39.4 Å². The van der Waals surface area contributed by atoms with E-state index in [9.17, 15) is 4.79 Å². The number of nitrogens with two attached hydrogens (primary N) is 1. The minimum atomic E-state index is -0.489. The quantitative estimate of drug-likeness (QED) is 0.615. The van der Waals surface area contributed by atoms with E-state index in [1.165, 1.54) is 0 Å². The van der Waals surface area contributed by atoms with Crippen molar-refractivity contribution in [2.45, 2.75) is 39.3 Å². The van der Waals surface area contributed by atoms with Crippen LogP contribution in [-0.4, -0.2) is 66.8 Å². The molecule has 1 aromatic rings. The molecule has 0 atom stereocenters. The van der Waals surface area contributed by atoms with Crippen LogP contribution in [0.5, 0.6) is 11.5 Å². The Morgan fingerprint density at radius 2 is 1.75 bits per heavy atom. The molecule has 2 aliphatic rings. The summed E-state index contributed by atoms with van der Waals surface area (Å²) in [4.78, 5) is 20.4. The van der Waals surface area contributed by atoms with Crippen LogP contribution in [-0.2, 0) is 11.3 Å². The summed E-state index contributed by atoms with van der Waals surface area (Å²) in [5.74, 6) is 2.02. The number of fused-ring (bicyclic) bond motifs is 1. The number of rotatable bonds is 2. The lowest BCUT2D eigenvalue weighted by Gasteiger charge is -2.36. The van der Waals surface area contributed by atoms with E-state index in [1.54, 1.807) is 4.90 Å². The van der Waals surface area contributed by atoms with Gasteiger partial charge in [0.05, 0.1) is 19.8 Å². The molecule has 2 aliphatic heterocycles. The average molecular weight is 390 g/mol. The van der Waals surface area contributed by atoms with E-state index in [0.717, 1.165) is 23.5 Å². The van der Waals surface area contributed by atoms with Crippen LogP contribution in [0.25, 0.3) is 0 Å². The number of benzene rings is 1. The molecule has 1 fully saturated rings. The first-order valence-electron chi connectivity index (χ1n) is 9.73. The van der Waals surface area contributed by atoms with E-state index in [4.69, 9.17) is 19.9 Å². The fourth-order valence-electron chi connectivity index (χ4n) is 3.02. The van der Waals surface area contributed by atoms with Gasteiger partial charge in [-0.3, -0.25) is 0 Å². The largest absolute Gasteiger partial charge is 0.490 e. The molecule has 28 heavy (non-hydrogen) atoms. The Morgan fingerprint density at radius 1 is 1.11 bits per heavy atom. The number of hydrogen-bond donors (Lipinski definition) is 1. The minimum absolute atomic E-state index is 0.283. The molecule has 2 heterocycles. The molecule has 0 saturated carbocycles. The van der Waals surface area contributed by atoms with Crippen molar-refractivity contribution in [2.24, 2.45) is 10.7 Å². The van der Waals surface area contributed by atoms with Gasteiger partial charge >= 0.3 is 6.09 Å². The van der Waals surface area contributed by atoms with E-state index in [-0.39, 0.29) is 6.09 Å². The second-order valence-electron chi connectivity index (χ2n) is 7.96. The van der Waals surface area contributed by atoms with Crippen molar-refractivity contribution in [3.8, 4) is 11.5 Å². The fraction of sp³-hybridized carbons (Fsp3) is 0.600. The summed E-state index contributed by atoms with van der Waals surface area (Å²) in [6.07, 6.45) is 0.597. The number of carbonyl (C=O) groups excluding carboxylic acids is 1. The normalized spacial score (nSPS) is 17.9. The third-order valence-corrected chi connectivity index (χ3v) is 4.49. The van der Waals surface area contributed by atoms with Crippen molar-refractivity contribution in [1.29, 1.82) is 0 Å². The van der Waals surface area contributed by atoms with Crippen molar-refractivity contribution in [3.05, 3.63) is 23.8 Å². The van der Waals surface area contributed by atoms with Crippen LogP contribution < -0.4 is 15.2 Å². The fourth-order valence-corrected chi connectivity index (χ4v) is 3.02. The second kappa shape index (κ2) is 8.58. The summed E-state index contributed by atoms with van der Waals surface area (Å²) >= 11 is 0. The molecular weight excluding hydrogens is 360 g/mol. The highest BCUT2D eigenvalue weighted by molar-refractivity contribution is 5.78. The van der Waals surface area contributed by atoms with Crippen molar-refractivity contribution >= 4 is 12.1 Å². The van der Waals surface area contributed by atoms with Gasteiger partial charge in [-0.15, -0.1) is 0 Å². The van der Waals surface area contributed by atoms with Gasteiger partial charge in [0.25, 0.3) is 0 Å². The maximum absolute atomic E-state index is 12.1. The highest BCUT2D eigenvalue weighted by atomic mass is 16.6. The number of carbonyl (C=O) groups is 1. The van der Waals surface area contributed by atoms with Crippen molar-refractivity contribution in [3.63, 3.8) is 0 Å². The maximum atomic E-state index is 12.1. The Morgan fingerprint density at radius 3 is 2.43 bits per heavy atom. The third-order valence-electron chi connectivity index (χ3n) is 4.49. The molecule has 0 spiro atoms. The maximum Gasteiger partial charge on any atom is 0.410 e. The molecule has 1 amide bonds. The summed E-state index contributed by atoms with van der Waals surface area (Å²) in [5, 5.41) is 0. The molecule has 0 bridgehead atoms. The van der Waals surface area contributed by atoms with Crippen LogP contribution in [0.4, 0.5) is 4.79 Å². The average Bonchev–Trinajstić information content (AvgIpc) is 2.89. The van der Waals surface area contributed by atoms with E-state index < -0.39 is 5.60 Å². The Hall–Kier alpha value is -2.64. The Balaban J connectivity index is 1.52. The predicted molar refractivity (Wildman–Crippen MR) is 107 cm³/mol. The Kier molecular flexibility index (Phi) is 6.16. The van der Waals surface area contributed by atoms with Gasteiger partial charge in [0.15, 0.2) is 17.5 Å². The standard InChI is InChI=1S/C20H30N4O4/c1-20(2,3)28-19(25)24-9-7-23(8-10-24)18(21)22-14-15-5-6-16-17(13-15)27-12-4-11-26-16/h5-6,13H,4,7-12,14H2,1-3H3,(H2,21,22). The number of amides is 1. The monoisotopic (exact) mass is 390 g/mol. The van der Waals surface area contributed by atoms with Crippen LogP contribution in [0.1, 0.15) is 32.8 Å². The molecule has 2 N–H and O–H groups in total. The predicted octanol–water partition coefficient (Wildman–Crippen LogP) is 2.22. The molecule has 0 aliphatic carbocycles. The first-order valence-corrected chi connectivity index (χ1v) is 9.73. The molecule has 0 unspecified atom stereocenters. The topological polar surface area (TPSA) is 89.6 Å². The van der Waals surface area contributed by atoms with Gasteiger partial charge in [-0.2, -0.15) is 0 Å². The number of nitrogens with zero attached hydrogens (tertiary/aromatic N) is 3. The first kappa shape index (κ1) is 20.1. The summed E-state index contributed by atoms with van der Waals surface area (Å²) in [6.45, 7) is 9.79. The second-order valence-corrected chi connectivity index (χ2v) is 7.96. The molecule has 154 valence electrons. The zero-order chi connectivity index (χ0) is 20.1. The summed E-state index contributed by atoms with van der Waals surface area (Å²) in [6, 6.07) is 5.85. The summed E-state index contributed by atoms with van der Waals surface area (Å²) in [7, 11) is 0. The van der Waals surface area contributed by atoms with Gasteiger partial charge in [0.2, 0.25) is 0 Å². The van der Waals surface area contributed by atoms with E-state index in [1.807, 2.05) is 43.9 Å². The zero-order valence-corrected chi connectivity index (χ0v) is 16.9. The summed E-state index contributed by atoms with van der Waals surface area (Å²) < 4.78 is 16.8. The highest BCUT2D eigenvalue weighted by Crippen LogP contribution is 2.30. The molecule has 1 aromatic carbocycles. The smallest absolute Gasteiger partial charge is 0.410 e. The zero-order valence-electron chi connectivity index (χ0n) is 16.9. The van der Waals surface area contributed by atoms with Gasteiger partial charge in [-0.05, 0) is 38.5 Å². The van der Waals surface area contributed by atoms with Gasteiger partial charge in [-0.25, -0.2) is 9.79 Å². The third kappa shape index (κ3) is 5.43. The molecular formula is C20H30N4O4. The summed E-state index contributed by atoms with van der Waals surface area (Å²) in [5.41, 5.74) is 6.69. The van der Waals surface area contributed by atoms with E-state index in [0.29, 0.717) is 51.9 Å². The van der Waals surface area contributed by atoms with Gasteiger partial charge in [0.1, 0.15) is 5.60 Å². The van der Waals surface area contributed by atoms with Crippen LogP contribution in [0.2, 0.25) is 0 Å². The molecule has 3 rings (SSSR count). The Bertz CT molecular complexity index is 721. The van der Waals surface area contributed by atoms with E-state index in [2.05, 4.69) is 4.99 Å². The molecule has 8 nitrogen and oxygen atoms in total. The van der Waals surface area contributed by atoms with Crippen molar-refractivity contribution in [1.82, 2.24) is 9.80 Å². The number of piperazine rings is 1. The SMILES string of the molecule is CC(C)(C)OC(=O)N1CCN(C(N)=NCc2ccc3c(c2)OCCCO3)CC1. The van der Waals surface area contributed by atoms with Crippen molar-refractivity contribution < 1.29 is 19.0 Å². The number of guanidine groups is 1.